The van der Waals surface area contributed by atoms with Gasteiger partial charge < -0.3 is 10.2 Å². The number of halogens is 2. The lowest BCUT2D eigenvalue weighted by molar-refractivity contribution is 0.0694. The van der Waals surface area contributed by atoms with Crippen molar-refractivity contribution in [3.8, 4) is 5.75 Å². The first-order valence-electron chi connectivity index (χ1n) is 6.82. The number of azo groups is 1. The molecule has 0 heterocycles. The number of phenols is 1. The van der Waals surface area contributed by atoms with Crippen LogP contribution in [0.1, 0.15) is 10.4 Å². The summed E-state index contributed by atoms with van der Waals surface area (Å²) in [6, 6.07) is 13.1. The van der Waals surface area contributed by atoms with Gasteiger partial charge in [0.25, 0.3) is 0 Å². The summed E-state index contributed by atoms with van der Waals surface area (Å²) in [5.74, 6) is -1.70. The van der Waals surface area contributed by atoms with E-state index in [9.17, 15) is 15.0 Å². The maximum Gasteiger partial charge on any atom is 0.339 e. The summed E-state index contributed by atoms with van der Waals surface area (Å²) in [5, 5.41) is 29.5. The summed E-state index contributed by atoms with van der Waals surface area (Å²) in [7, 11) is 0. The van der Waals surface area contributed by atoms with Crippen molar-refractivity contribution >= 4 is 51.3 Å². The van der Waals surface area contributed by atoms with E-state index in [1.165, 1.54) is 12.1 Å². The molecule has 2 N–H and O–H groups in total. The molecule has 0 aliphatic heterocycles. The van der Waals surface area contributed by atoms with Crippen LogP contribution in [0.3, 0.4) is 0 Å². The fraction of sp³-hybridized carbons (Fsp3) is 0. The summed E-state index contributed by atoms with van der Waals surface area (Å²) in [6.07, 6.45) is 0. The SMILES string of the molecule is O=C(O)c1cc2ccccc2c(/N=N/c2ccc(Cl)cc2Cl)c1O. The Morgan fingerprint density at radius 1 is 1.00 bits per heavy atom. The second-order valence-electron chi connectivity index (χ2n) is 4.94. The van der Waals surface area contributed by atoms with Gasteiger partial charge in [0, 0.05) is 10.4 Å². The molecule has 0 atom stereocenters. The molecule has 0 aromatic heterocycles. The minimum Gasteiger partial charge on any atom is -0.505 e. The molecule has 0 radical (unpaired) electrons. The first-order valence-corrected chi connectivity index (χ1v) is 7.58. The quantitative estimate of drug-likeness (QED) is 0.564. The van der Waals surface area contributed by atoms with Crippen molar-refractivity contribution in [3.63, 3.8) is 0 Å². The van der Waals surface area contributed by atoms with Crippen molar-refractivity contribution in [2.24, 2.45) is 10.2 Å². The lowest BCUT2D eigenvalue weighted by atomic mass is 10.0. The van der Waals surface area contributed by atoms with E-state index in [2.05, 4.69) is 10.2 Å². The topological polar surface area (TPSA) is 82.2 Å². The van der Waals surface area contributed by atoms with Gasteiger partial charge in [-0.15, -0.1) is 10.2 Å². The van der Waals surface area contributed by atoms with Crippen LogP contribution in [0.4, 0.5) is 11.4 Å². The van der Waals surface area contributed by atoms with Crippen LogP contribution in [0, 0.1) is 0 Å². The molecule has 0 saturated carbocycles. The van der Waals surface area contributed by atoms with Gasteiger partial charge in [0.1, 0.15) is 16.9 Å². The summed E-state index contributed by atoms with van der Waals surface area (Å²) in [4.78, 5) is 11.3. The van der Waals surface area contributed by atoms with Crippen LogP contribution in [0.2, 0.25) is 10.0 Å². The van der Waals surface area contributed by atoms with Gasteiger partial charge in [-0.05, 0) is 29.7 Å². The van der Waals surface area contributed by atoms with Crippen LogP contribution < -0.4 is 0 Å². The van der Waals surface area contributed by atoms with Crippen LogP contribution in [-0.2, 0) is 0 Å². The van der Waals surface area contributed by atoms with Gasteiger partial charge >= 0.3 is 5.97 Å². The summed E-state index contributed by atoms with van der Waals surface area (Å²) < 4.78 is 0. The van der Waals surface area contributed by atoms with E-state index >= 15 is 0 Å². The zero-order valence-corrected chi connectivity index (χ0v) is 13.6. The number of aromatic hydroxyl groups is 1. The Bertz CT molecular complexity index is 987. The number of benzene rings is 3. The highest BCUT2D eigenvalue weighted by Crippen LogP contribution is 2.40. The van der Waals surface area contributed by atoms with E-state index in [0.717, 1.165) is 0 Å². The van der Waals surface area contributed by atoms with Gasteiger partial charge in [0.15, 0.2) is 5.75 Å². The Morgan fingerprint density at radius 2 is 1.75 bits per heavy atom. The zero-order valence-electron chi connectivity index (χ0n) is 12.1. The molecule has 3 rings (SSSR count). The molecule has 0 aliphatic carbocycles. The van der Waals surface area contributed by atoms with E-state index in [1.54, 1.807) is 36.4 Å². The van der Waals surface area contributed by atoms with Gasteiger partial charge in [-0.1, -0.05) is 47.5 Å². The van der Waals surface area contributed by atoms with Crippen molar-refractivity contribution in [2.75, 3.05) is 0 Å². The van der Waals surface area contributed by atoms with Crippen molar-refractivity contribution in [2.45, 2.75) is 0 Å². The Morgan fingerprint density at radius 3 is 2.46 bits per heavy atom. The number of hydrogen-bond donors (Lipinski definition) is 2. The number of carboxylic acids is 1. The second kappa shape index (κ2) is 6.47. The third-order valence-electron chi connectivity index (χ3n) is 3.39. The highest BCUT2D eigenvalue weighted by atomic mass is 35.5. The fourth-order valence-corrected chi connectivity index (χ4v) is 2.69. The summed E-state index contributed by atoms with van der Waals surface area (Å²) >= 11 is 11.9. The molecular weight excluding hydrogens is 351 g/mol. The third-order valence-corrected chi connectivity index (χ3v) is 3.93. The maximum absolute atomic E-state index is 11.3. The van der Waals surface area contributed by atoms with Crippen LogP contribution in [0.5, 0.6) is 5.75 Å². The molecule has 5 nitrogen and oxygen atoms in total. The molecule has 0 unspecified atom stereocenters. The van der Waals surface area contributed by atoms with E-state index in [0.29, 0.717) is 26.5 Å². The van der Waals surface area contributed by atoms with Gasteiger partial charge in [-0.3, -0.25) is 0 Å². The number of rotatable bonds is 3. The summed E-state index contributed by atoms with van der Waals surface area (Å²) in [5.41, 5.74) is 0.173. The Hall–Kier alpha value is -2.63. The van der Waals surface area contributed by atoms with Gasteiger partial charge in [0.05, 0.1) is 5.02 Å². The van der Waals surface area contributed by atoms with Gasteiger partial charge in [-0.25, -0.2) is 4.79 Å². The van der Waals surface area contributed by atoms with Crippen molar-refractivity contribution in [1.29, 1.82) is 0 Å². The third kappa shape index (κ3) is 3.04. The average Bonchev–Trinajstić information content (AvgIpc) is 2.55. The van der Waals surface area contributed by atoms with E-state index < -0.39 is 11.7 Å². The number of aromatic carboxylic acids is 1. The van der Waals surface area contributed by atoms with Gasteiger partial charge in [0.2, 0.25) is 0 Å². The molecule has 0 spiro atoms. The molecule has 0 amide bonds. The van der Waals surface area contributed by atoms with E-state index in [1.807, 2.05) is 0 Å². The predicted molar refractivity (Wildman–Crippen MR) is 93.2 cm³/mol. The first-order chi connectivity index (χ1) is 11.5. The first kappa shape index (κ1) is 16.2. The van der Waals surface area contributed by atoms with Crippen LogP contribution >= 0.6 is 23.2 Å². The highest BCUT2D eigenvalue weighted by Gasteiger charge is 2.17. The Balaban J connectivity index is 2.19. The Labute approximate surface area is 146 Å². The molecule has 3 aromatic carbocycles. The molecule has 0 saturated heterocycles. The minimum absolute atomic E-state index is 0.0662. The molecule has 0 bridgehead atoms. The normalized spacial score (nSPS) is 11.2. The lowest BCUT2D eigenvalue weighted by Crippen LogP contribution is -1.97. The monoisotopic (exact) mass is 360 g/mol. The molecular formula is C17H10Cl2N2O3. The molecule has 7 heteroatoms. The zero-order chi connectivity index (χ0) is 17.3. The maximum atomic E-state index is 11.3. The van der Waals surface area contributed by atoms with Crippen molar-refractivity contribution in [1.82, 2.24) is 0 Å². The number of fused-ring (bicyclic) bond motifs is 1. The number of carboxylic acid groups (broad SMARTS) is 1. The minimum atomic E-state index is -1.25. The van der Waals surface area contributed by atoms with Crippen LogP contribution in [-0.4, -0.2) is 16.2 Å². The van der Waals surface area contributed by atoms with Crippen molar-refractivity contribution in [3.05, 3.63) is 64.1 Å². The molecule has 0 aliphatic rings. The Kier molecular flexibility index (Phi) is 4.38. The van der Waals surface area contributed by atoms with E-state index in [4.69, 9.17) is 23.2 Å². The molecule has 3 aromatic rings. The van der Waals surface area contributed by atoms with Crippen molar-refractivity contribution < 1.29 is 15.0 Å². The smallest absolute Gasteiger partial charge is 0.339 e. The molecule has 0 fully saturated rings. The van der Waals surface area contributed by atoms with E-state index in [-0.39, 0.29) is 11.3 Å². The second-order valence-corrected chi connectivity index (χ2v) is 5.79. The highest BCUT2D eigenvalue weighted by molar-refractivity contribution is 6.36. The van der Waals surface area contributed by atoms with Gasteiger partial charge in [-0.2, -0.15) is 0 Å². The van der Waals surface area contributed by atoms with Crippen LogP contribution in [0.25, 0.3) is 10.8 Å². The fourth-order valence-electron chi connectivity index (χ4n) is 2.25. The predicted octanol–water partition coefficient (Wildman–Crippen LogP) is 5.97. The largest absolute Gasteiger partial charge is 0.505 e. The summed E-state index contributed by atoms with van der Waals surface area (Å²) in [6.45, 7) is 0. The lowest BCUT2D eigenvalue weighted by Gasteiger charge is -2.07. The number of hydrogen-bond acceptors (Lipinski definition) is 4. The molecule has 24 heavy (non-hydrogen) atoms. The number of nitrogens with zero attached hydrogens (tertiary/aromatic N) is 2. The standard InChI is InChI=1S/C17H10Cl2N2O3/c18-10-5-6-14(13(19)8-10)20-21-15-11-4-2-1-3-9(11)7-12(16(15)22)17(23)24/h1-8,22H,(H,23,24)/b21-20+. The average molecular weight is 361 g/mol. The number of carbonyl (C=O) groups is 1. The van der Waals surface area contributed by atoms with Crippen LogP contribution in [0.15, 0.2) is 58.8 Å². The molecule has 120 valence electrons.